The molecular weight excluding hydrogens is 224 g/mol. The number of hydrogen-bond acceptors (Lipinski definition) is 3. The Morgan fingerprint density at radius 1 is 1.28 bits per heavy atom. The summed E-state index contributed by atoms with van der Waals surface area (Å²) in [4.78, 5) is 0. The van der Waals surface area contributed by atoms with Gasteiger partial charge in [-0.1, -0.05) is 6.07 Å². The number of fused-ring (bicyclic) bond motifs is 1. The van der Waals surface area contributed by atoms with Crippen molar-refractivity contribution in [3.05, 3.63) is 29.3 Å². The quantitative estimate of drug-likeness (QED) is 0.805. The van der Waals surface area contributed by atoms with Crippen molar-refractivity contribution >= 4 is 5.69 Å². The van der Waals surface area contributed by atoms with Crippen molar-refractivity contribution in [1.82, 2.24) is 5.32 Å². The van der Waals surface area contributed by atoms with Gasteiger partial charge in [-0.15, -0.1) is 0 Å². The summed E-state index contributed by atoms with van der Waals surface area (Å²) < 4.78 is 5.67. The van der Waals surface area contributed by atoms with Gasteiger partial charge in [-0.3, -0.25) is 0 Å². The van der Waals surface area contributed by atoms with E-state index in [9.17, 15) is 0 Å². The van der Waals surface area contributed by atoms with E-state index in [4.69, 9.17) is 10.5 Å². The Balaban J connectivity index is 1.68. The molecule has 18 heavy (non-hydrogen) atoms. The third-order valence-electron chi connectivity index (χ3n) is 4.10. The van der Waals surface area contributed by atoms with Crippen LogP contribution in [0.2, 0.25) is 0 Å². The van der Waals surface area contributed by atoms with Crippen molar-refractivity contribution in [2.45, 2.75) is 44.2 Å². The molecule has 0 saturated carbocycles. The smallest absolute Gasteiger partial charge is 0.0700 e. The molecule has 1 aromatic rings. The predicted molar refractivity (Wildman–Crippen MR) is 73.5 cm³/mol. The maximum Gasteiger partial charge on any atom is 0.0700 e. The van der Waals surface area contributed by atoms with Gasteiger partial charge >= 0.3 is 0 Å². The summed E-state index contributed by atoms with van der Waals surface area (Å²) in [6.07, 6.45) is 6.48. The molecule has 3 nitrogen and oxygen atoms in total. The third kappa shape index (κ3) is 2.52. The number of rotatable bonds is 3. The fourth-order valence-corrected chi connectivity index (χ4v) is 3.11. The lowest BCUT2D eigenvalue weighted by Gasteiger charge is -2.27. The highest BCUT2D eigenvalue weighted by atomic mass is 16.5. The number of nitrogens with two attached hydrogens (primary N) is 1. The first-order valence-corrected chi connectivity index (χ1v) is 7.06. The van der Waals surface area contributed by atoms with Gasteiger partial charge < -0.3 is 15.8 Å². The van der Waals surface area contributed by atoms with Crippen LogP contribution in [0, 0.1) is 0 Å². The summed E-state index contributed by atoms with van der Waals surface area (Å²) in [6.45, 7) is 1.90. The van der Waals surface area contributed by atoms with Gasteiger partial charge in [0.15, 0.2) is 0 Å². The van der Waals surface area contributed by atoms with Gasteiger partial charge in [0, 0.05) is 24.9 Å². The molecule has 3 N–H and O–H groups in total. The molecule has 1 aromatic carbocycles. The van der Waals surface area contributed by atoms with Crippen molar-refractivity contribution in [2.24, 2.45) is 0 Å². The molecular formula is C15H22N2O. The molecule has 0 amide bonds. The molecule has 0 radical (unpaired) electrons. The summed E-state index contributed by atoms with van der Waals surface area (Å²) in [5.74, 6) is 0. The zero-order valence-corrected chi connectivity index (χ0v) is 10.8. The van der Waals surface area contributed by atoms with Crippen molar-refractivity contribution in [1.29, 1.82) is 0 Å². The van der Waals surface area contributed by atoms with Crippen LogP contribution in [0.5, 0.6) is 0 Å². The van der Waals surface area contributed by atoms with Crippen LogP contribution in [-0.4, -0.2) is 19.3 Å². The fourth-order valence-electron chi connectivity index (χ4n) is 3.11. The maximum atomic E-state index is 5.91. The molecule has 1 fully saturated rings. The second kappa shape index (κ2) is 5.29. The van der Waals surface area contributed by atoms with E-state index in [1.54, 1.807) is 0 Å². The average molecular weight is 246 g/mol. The van der Waals surface area contributed by atoms with E-state index < -0.39 is 0 Å². The van der Waals surface area contributed by atoms with Crippen LogP contribution in [0.1, 0.15) is 42.9 Å². The van der Waals surface area contributed by atoms with E-state index in [1.165, 1.54) is 43.2 Å². The highest BCUT2D eigenvalue weighted by Gasteiger charge is 2.22. The Kier molecular flexibility index (Phi) is 3.52. The molecule has 2 aliphatic rings. The molecule has 3 heteroatoms. The van der Waals surface area contributed by atoms with Crippen LogP contribution in [0.3, 0.4) is 0 Å². The van der Waals surface area contributed by atoms with Crippen LogP contribution >= 0.6 is 0 Å². The Labute approximate surface area is 109 Å². The molecule has 0 bridgehead atoms. The Morgan fingerprint density at radius 3 is 3.06 bits per heavy atom. The highest BCUT2D eigenvalue weighted by Crippen LogP contribution is 2.31. The minimum atomic E-state index is 0.413. The monoisotopic (exact) mass is 246 g/mol. The summed E-state index contributed by atoms with van der Waals surface area (Å²) in [5, 5.41) is 3.67. The second-order valence-electron chi connectivity index (χ2n) is 5.45. The zero-order chi connectivity index (χ0) is 12.4. The summed E-state index contributed by atoms with van der Waals surface area (Å²) in [5.41, 5.74) is 9.65. The van der Waals surface area contributed by atoms with Gasteiger partial charge in [0.05, 0.1) is 6.10 Å². The Hall–Kier alpha value is -1.06. The molecule has 2 unspecified atom stereocenters. The summed E-state index contributed by atoms with van der Waals surface area (Å²) >= 11 is 0. The summed E-state index contributed by atoms with van der Waals surface area (Å²) in [6, 6.07) is 6.80. The second-order valence-corrected chi connectivity index (χ2v) is 5.45. The van der Waals surface area contributed by atoms with E-state index in [0.29, 0.717) is 12.1 Å². The largest absolute Gasteiger partial charge is 0.399 e. The lowest BCUT2D eigenvalue weighted by Crippen LogP contribution is -2.32. The first-order chi connectivity index (χ1) is 8.83. The molecule has 0 aromatic heterocycles. The van der Waals surface area contributed by atoms with Gasteiger partial charge in [0.1, 0.15) is 0 Å². The molecule has 0 spiro atoms. The Bertz CT molecular complexity index is 413. The van der Waals surface area contributed by atoms with Gasteiger partial charge in [-0.05, 0) is 55.4 Å². The molecule has 1 saturated heterocycles. The average Bonchev–Trinajstić information content (AvgIpc) is 2.89. The molecule has 3 rings (SSSR count). The van der Waals surface area contributed by atoms with Crippen LogP contribution in [0.25, 0.3) is 0 Å². The number of nitrogens with one attached hydrogen (secondary N) is 1. The maximum absolute atomic E-state index is 5.91. The third-order valence-corrected chi connectivity index (χ3v) is 4.10. The van der Waals surface area contributed by atoms with Gasteiger partial charge in [-0.25, -0.2) is 0 Å². The van der Waals surface area contributed by atoms with E-state index in [0.717, 1.165) is 18.8 Å². The number of hydrogen-bond donors (Lipinski definition) is 2. The van der Waals surface area contributed by atoms with Gasteiger partial charge in [0.25, 0.3) is 0 Å². The number of nitrogen functional groups attached to an aromatic ring is 1. The molecule has 1 heterocycles. The first kappa shape index (κ1) is 12.0. The number of anilines is 1. The van der Waals surface area contributed by atoms with Crippen molar-refractivity contribution < 1.29 is 4.74 Å². The molecule has 1 aliphatic heterocycles. The number of ether oxygens (including phenoxy) is 1. The standard InChI is InChI=1S/C15H22N2O/c16-12-7-6-11-3-1-5-15(14(11)9-12)17-10-13-4-2-8-18-13/h6-7,9,13,15,17H,1-5,8,10,16H2. The normalized spacial score (nSPS) is 27.1. The fraction of sp³-hybridized carbons (Fsp3) is 0.600. The van der Waals surface area contributed by atoms with Gasteiger partial charge in [0.2, 0.25) is 0 Å². The van der Waals surface area contributed by atoms with E-state index in [2.05, 4.69) is 17.4 Å². The first-order valence-electron chi connectivity index (χ1n) is 7.06. The van der Waals surface area contributed by atoms with E-state index in [1.807, 2.05) is 6.07 Å². The van der Waals surface area contributed by atoms with E-state index in [-0.39, 0.29) is 0 Å². The minimum Gasteiger partial charge on any atom is -0.399 e. The molecule has 1 aliphatic carbocycles. The van der Waals surface area contributed by atoms with Crippen LogP contribution in [0.4, 0.5) is 5.69 Å². The Morgan fingerprint density at radius 2 is 2.22 bits per heavy atom. The molecule has 98 valence electrons. The van der Waals surface area contributed by atoms with E-state index >= 15 is 0 Å². The highest BCUT2D eigenvalue weighted by molar-refractivity contribution is 5.46. The lowest BCUT2D eigenvalue weighted by atomic mass is 9.87. The number of benzene rings is 1. The zero-order valence-electron chi connectivity index (χ0n) is 10.8. The summed E-state index contributed by atoms with van der Waals surface area (Å²) in [7, 11) is 0. The van der Waals surface area contributed by atoms with Crippen molar-refractivity contribution in [2.75, 3.05) is 18.9 Å². The van der Waals surface area contributed by atoms with Crippen LogP contribution < -0.4 is 11.1 Å². The minimum absolute atomic E-state index is 0.413. The van der Waals surface area contributed by atoms with Crippen molar-refractivity contribution in [3.8, 4) is 0 Å². The van der Waals surface area contributed by atoms with Crippen LogP contribution in [-0.2, 0) is 11.2 Å². The van der Waals surface area contributed by atoms with Crippen LogP contribution in [0.15, 0.2) is 18.2 Å². The SMILES string of the molecule is Nc1ccc2c(c1)C(NCC1CCCO1)CCC2. The van der Waals surface area contributed by atoms with Crippen molar-refractivity contribution in [3.63, 3.8) is 0 Å². The predicted octanol–water partition coefficient (Wildman–Crippen LogP) is 2.41. The molecule has 2 atom stereocenters. The number of aryl methyl sites for hydroxylation is 1. The van der Waals surface area contributed by atoms with Gasteiger partial charge in [-0.2, -0.15) is 0 Å². The lowest BCUT2D eigenvalue weighted by molar-refractivity contribution is 0.107. The topological polar surface area (TPSA) is 47.3 Å².